The zero-order valence-electron chi connectivity index (χ0n) is 12.1. The van der Waals surface area contributed by atoms with Crippen molar-refractivity contribution < 1.29 is 9.59 Å². The second kappa shape index (κ2) is 6.17. The Morgan fingerprint density at radius 2 is 2.05 bits per heavy atom. The summed E-state index contributed by atoms with van der Waals surface area (Å²) in [6.07, 6.45) is 1.53. The molecule has 1 unspecified atom stereocenters. The summed E-state index contributed by atoms with van der Waals surface area (Å²) >= 11 is 0. The molecule has 7 nitrogen and oxygen atoms in total. The predicted octanol–water partition coefficient (Wildman–Crippen LogP) is 0.325. The molecule has 0 saturated carbocycles. The van der Waals surface area contributed by atoms with E-state index in [-0.39, 0.29) is 11.6 Å². The molecule has 1 heterocycles. The smallest absolute Gasteiger partial charge is 0.288 e. The quantitative estimate of drug-likeness (QED) is 0.618. The van der Waals surface area contributed by atoms with Gasteiger partial charge in [-0.1, -0.05) is 12.1 Å². The lowest BCUT2D eigenvalue weighted by Gasteiger charge is -2.11. The minimum atomic E-state index is -0.556. The largest absolute Gasteiger partial charge is 0.378 e. The van der Waals surface area contributed by atoms with Gasteiger partial charge < -0.3 is 4.90 Å². The summed E-state index contributed by atoms with van der Waals surface area (Å²) in [6.45, 7) is 1.62. The van der Waals surface area contributed by atoms with Gasteiger partial charge in [-0.2, -0.15) is 10.2 Å². The summed E-state index contributed by atoms with van der Waals surface area (Å²) in [5.41, 5.74) is 6.69. The summed E-state index contributed by atoms with van der Waals surface area (Å²) in [5, 5.41) is 7.54. The lowest BCUT2D eigenvalue weighted by Crippen LogP contribution is -2.32. The first-order valence-corrected chi connectivity index (χ1v) is 6.47. The van der Waals surface area contributed by atoms with Gasteiger partial charge in [-0.25, -0.2) is 10.9 Å². The maximum Gasteiger partial charge on any atom is 0.288 e. The molecule has 0 fully saturated rings. The lowest BCUT2D eigenvalue weighted by atomic mass is 10.1. The summed E-state index contributed by atoms with van der Waals surface area (Å²) in [5.74, 6) is -1.33. The lowest BCUT2D eigenvalue weighted by molar-refractivity contribution is -0.122. The first-order valence-electron chi connectivity index (χ1n) is 6.47. The van der Waals surface area contributed by atoms with E-state index in [1.54, 1.807) is 6.92 Å². The molecule has 0 aromatic heterocycles. The Kier molecular flexibility index (Phi) is 4.32. The summed E-state index contributed by atoms with van der Waals surface area (Å²) in [4.78, 5) is 25.0. The molecule has 110 valence electrons. The highest BCUT2D eigenvalue weighted by atomic mass is 16.2. The van der Waals surface area contributed by atoms with Crippen LogP contribution in [0.25, 0.3) is 0 Å². The molecule has 0 spiro atoms. The number of nitrogens with one attached hydrogen (secondary N) is 2. The maximum atomic E-state index is 11.8. The zero-order chi connectivity index (χ0) is 15.4. The van der Waals surface area contributed by atoms with E-state index in [2.05, 4.69) is 21.1 Å². The van der Waals surface area contributed by atoms with Crippen molar-refractivity contribution in [3.63, 3.8) is 0 Å². The third-order valence-electron chi connectivity index (χ3n) is 3.11. The molecular formula is C14H17N5O2. The van der Waals surface area contributed by atoms with E-state index in [1.165, 1.54) is 6.21 Å². The third-order valence-corrected chi connectivity index (χ3v) is 3.11. The van der Waals surface area contributed by atoms with Gasteiger partial charge in [-0.05, 0) is 24.6 Å². The van der Waals surface area contributed by atoms with E-state index in [4.69, 9.17) is 0 Å². The molecule has 0 saturated heterocycles. The zero-order valence-corrected chi connectivity index (χ0v) is 12.1. The second-order valence-electron chi connectivity index (χ2n) is 4.88. The molecule has 7 heteroatoms. The van der Waals surface area contributed by atoms with Crippen molar-refractivity contribution in [2.24, 2.45) is 16.1 Å². The van der Waals surface area contributed by atoms with Gasteiger partial charge in [-0.15, -0.1) is 0 Å². The van der Waals surface area contributed by atoms with E-state index in [9.17, 15) is 9.59 Å². The number of carbonyl (C=O) groups excluding carboxylic acids is 2. The highest BCUT2D eigenvalue weighted by Crippen LogP contribution is 2.11. The Morgan fingerprint density at radius 3 is 2.57 bits per heavy atom. The molecule has 1 aliphatic rings. The minimum absolute atomic E-state index is 0.139. The number of hydrazone groups is 2. The van der Waals surface area contributed by atoms with Gasteiger partial charge in [0.05, 0.1) is 12.1 Å². The van der Waals surface area contributed by atoms with Gasteiger partial charge in [0.15, 0.2) is 0 Å². The molecule has 2 amide bonds. The minimum Gasteiger partial charge on any atom is -0.378 e. The van der Waals surface area contributed by atoms with Gasteiger partial charge in [0.25, 0.3) is 5.91 Å². The van der Waals surface area contributed by atoms with Gasteiger partial charge in [0, 0.05) is 19.8 Å². The first-order chi connectivity index (χ1) is 9.99. The van der Waals surface area contributed by atoms with Crippen LogP contribution in [0.4, 0.5) is 5.69 Å². The van der Waals surface area contributed by atoms with Crippen molar-refractivity contribution in [3.8, 4) is 0 Å². The summed E-state index contributed by atoms with van der Waals surface area (Å²) in [7, 11) is 3.92. The van der Waals surface area contributed by atoms with Crippen LogP contribution >= 0.6 is 0 Å². The Bertz CT molecular complexity index is 604. The third kappa shape index (κ3) is 3.44. The van der Waals surface area contributed by atoms with E-state index in [1.807, 2.05) is 43.3 Å². The Morgan fingerprint density at radius 1 is 1.38 bits per heavy atom. The molecule has 21 heavy (non-hydrogen) atoms. The number of hydrogen-bond acceptors (Lipinski definition) is 5. The fourth-order valence-corrected chi connectivity index (χ4v) is 1.76. The molecule has 1 aliphatic heterocycles. The van der Waals surface area contributed by atoms with Crippen LogP contribution in [0, 0.1) is 5.92 Å². The van der Waals surface area contributed by atoms with E-state index < -0.39 is 11.8 Å². The number of nitrogens with zero attached hydrogens (tertiary/aromatic N) is 3. The highest BCUT2D eigenvalue weighted by molar-refractivity contribution is 6.44. The normalized spacial score (nSPS) is 17.6. The molecule has 2 N–H and O–H groups in total. The fourth-order valence-electron chi connectivity index (χ4n) is 1.76. The number of hydrogen-bond donors (Lipinski definition) is 2. The molecule has 1 aromatic rings. The second-order valence-corrected chi connectivity index (χ2v) is 4.88. The maximum absolute atomic E-state index is 11.8. The topological polar surface area (TPSA) is 86.2 Å². The van der Waals surface area contributed by atoms with Crippen LogP contribution in [-0.2, 0) is 9.59 Å². The predicted molar refractivity (Wildman–Crippen MR) is 81.2 cm³/mol. The van der Waals surface area contributed by atoms with Crippen molar-refractivity contribution >= 4 is 29.4 Å². The van der Waals surface area contributed by atoms with E-state index in [0.717, 1.165) is 11.3 Å². The van der Waals surface area contributed by atoms with Gasteiger partial charge in [0.1, 0.15) is 5.71 Å². The number of rotatable bonds is 4. The molecule has 0 radical (unpaired) electrons. The number of anilines is 1. The van der Waals surface area contributed by atoms with Crippen LogP contribution in [0.15, 0.2) is 34.5 Å². The summed E-state index contributed by atoms with van der Waals surface area (Å²) in [6, 6.07) is 7.70. The fraction of sp³-hybridized carbons (Fsp3) is 0.286. The van der Waals surface area contributed by atoms with E-state index >= 15 is 0 Å². The molecule has 2 rings (SSSR count). The van der Waals surface area contributed by atoms with Gasteiger partial charge >= 0.3 is 0 Å². The van der Waals surface area contributed by atoms with Crippen LogP contribution in [0.1, 0.15) is 12.5 Å². The molecule has 0 bridgehead atoms. The Balaban J connectivity index is 1.93. The van der Waals surface area contributed by atoms with Crippen molar-refractivity contribution in [2.75, 3.05) is 19.0 Å². The average Bonchev–Trinajstić information content (AvgIpc) is 2.79. The van der Waals surface area contributed by atoms with Crippen molar-refractivity contribution in [2.45, 2.75) is 6.92 Å². The number of amides is 2. The molecule has 1 atom stereocenters. The van der Waals surface area contributed by atoms with E-state index in [0.29, 0.717) is 0 Å². The van der Waals surface area contributed by atoms with Crippen molar-refractivity contribution in [1.82, 2.24) is 10.9 Å². The Hall–Kier alpha value is -2.70. The standard InChI is InChI=1S/C14H17N5O2/c1-9-12(16-18-13(9)20)14(21)17-15-8-10-4-6-11(7-5-10)19(2)3/h4-9H,1-3H3,(H,17,21)(H,18,20)/b15-8+. The molecule has 1 aromatic carbocycles. The van der Waals surface area contributed by atoms with Crippen LogP contribution in [0.5, 0.6) is 0 Å². The van der Waals surface area contributed by atoms with Crippen molar-refractivity contribution in [1.29, 1.82) is 0 Å². The SMILES string of the molecule is CC1C(=O)NN=C1C(=O)N/N=C/c1ccc(N(C)C)cc1. The molecule has 0 aliphatic carbocycles. The van der Waals surface area contributed by atoms with Crippen molar-refractivity contribution in [3.05, 3.63) is 29.8 Å². The van der Waals surface area contributed by atoms with Crippen LogP contribution in [-0.4, -0.2) is 37.8 Å². The van der Waals surface area contributed by atoms with Crippen LogP contribution in [0.3, 0.4) is 0 Å². The highest BCUT2D eigenvalue weighted by Gasteiger charge is 2.30. The Labute approximate surface area is 122 Å². The number of benzene rings is 1. The summed E-state index contributed by atoms with van der Waals surface area (Å²) < 4.78 is 0. The van der Waals surface area contributed by atoms with Gasteiger partial charge in [-0.3, -0.25) is 9.59 Å². The number of carbonyl (C=O) groups is 2. The van der Waals surface area contributed by atoms with Crippen LogP contribution in [0.2, 0.25) is 0 Å². The first kappa shape index (κ1) is 14.7. The van der Waals surface area contributed by atoms with Gasteiger partial charge in [0.2, 0.25) is 5.91 Å². The average molecular weight is 287 g/mol. The van der Waals surface area contributed by atoms with Crippen LogP contribution < -0.4 is 15.8 Å². The molecular weight excluding hydrogens is 270 g/mol. The monoisotopic (exact) mass is 287 g/mol.